The lowest BCUT2D eigenvalue weighted by Gasteiger charge is -2.34. The maximum atomic E-state index is 12.4. The van der Waals surface area contributed by atoms with Crippen LogP contribution >= 0.6 is 0 Å². The van der Waals surface area contributed by atoms with E-state index < -0.39 is 0 Å². The van der Waals surface area contributed by atoms with Crippen LogP contribution in [0.5, 0.6) is 0 Å². The van der Waals surface area contributed by atoms with Gasteiger partial charge >= 0.3 is 0 Å². The van der Waals surface area contributed by atoms with E-state index in [0.717, 1.165) is 36.3 Å². The zero-order valence-corrected chi connectivity index (χ0v) is 15.6. The first-order valence-electron chi connectivity index (χ1n) is 9.40. The van der Waals surface area contributed by atoms with Gasteiger partial charge in [0.15, 0.2) is 0 Å². The summed E-state index contributed by atoms with van der Waals surface area (Å²) < 4.78 is 0. The molecule has 2 aromatic rings. The number of likely N-dealkylation sites (tertiary alicyclic amines) is 1. The Kier molecular flexibility index (Phi) is 6.54. The molecule has 6 nitrogen and oxygen atoms in total. The minimum Gasteiger partial charge on any atom is -0.351 e. The van der Waals surface area contributed by atoms with Crippen molar-refractivity contribution in [3.8, 4) is 0 Å². The van der Waals surface area contributed by atoms with Crippen molar-refractivity contribution in [2.45, 2.75) is 38.8 Å². The summed E-state index contributed by atoms with van der Waals surface area (Å²) in [6, 6.07) is 13.7. The lowest BCUT2D eigenvalue weighted by molar-refractivity contribution is -0.123. The molecule has 6 heteroatoms. The topological polar surface area (TPSA) is 74.3 Å². The van der Waals surface area contributed by atoms with Crippen molar-refractivity contribution < 1.29 is 9.59 Å². The number of hydrogen-bond acceptors (Lipinski definition) is 4. The van der Waals surface area contributed by atoms with Gasteiger partial charge < -0.3 is 10.6 Å². The molecule has 1 aromatic heterocycles. The van der Waals surface area contributed by atoms with Gasteiger partial charge in [-0.2, -0.15) is 0 Å². The number of nitrogens with zero attached hydrogens (tertiary/aromatic N) is 2. The van der Waals surface area contributed by atoms with Gasteiger partial charge in [0.2, 0.25) is 11.8 Å². The maximum absolute atomic E-state index is 12.4. The molecular weight excluding hydrogens is 340 g/mol. The fourth-order valence-electron chi connectivity index (χ4n) is 3.44. The first kappa shape index (κ1) is 19.0. The number of carbonyl (C=O) groups is 2. The number of nitrogens with one attached hydrogen (secondary N) is 2. The monoisotopic (exact) mass is 366 g/mol. The highest BCUT2D eigenvalue weighted by Gasteiger charge is 2.26. The Balaban J connectivity index is 1.52. The Morgan fingerprint density at radius 1 is 1.15 bits per heavy atom. The molecule has 0 radical (unpaired) electrons. The average molecular weight is 366 g/mol. The van der Waals surface area contributed by atoms with Crippen LogP contribution in [-0.2, 0) is 16.1 Å². The minimum absolute atomic E-state index is 0.0174. The van der Waals surface area contributed by atoms with E-state index in [1.165, 1.54) is 13.3 Å². The Morgan fingerprint density at radius 3 is 2.67 bits per heavy atom. The van der Waals surface area contributed by atoms with E-state index >= 15 is 0 Å². The van der Waals surface area contributed by atoms with E-state index in [1.807, 2.05) is 48.7 Å². The molecule has 1 aliphatic heterocycles. The number of aromatic nitrogens is 1. The summed E-state index contributed by atoms with van der Waals surface area (Å²) in [6.07, 6.45) is 5.13. The molecule has 0 saturated carbocycles. The second kappa shape index (κ2) is 9.28. The maximum Gasteiger partial charge on any atom is 0.234 e. The van der Waals surface area contributed by atoms with Crippen LogP contribution in [0.4, 0.5) is 5.69 Å². The van der Waals surface area contributed by atoms with Crippen LogP contribution in [-0.4, -0.2) is 34.8 Å². The fraction of sp³-hybridized carbons (Fsp3) is 0.381. The molecule has 1 saturated heterocycles. The van der Waals surface area contributed by atoms with Crippen LogP contribution < -0.4 is 10.6 Å². The predicted octanol–water partition coefficient (Wildman–Crippen LogP) is 2.88. The van der Waals surface area contributed by atoms with Gasteiger partial charge in [-0.05, 0) is 49.2 Å². The number of piperidine rings is 1. The molecule has 1 atom stereocenters. The highest BCUT2D eigenvalue weighted by atomic mass is 16.2. The van der Waals surface area contributed by atoms with Gasteiger partial charge in [0, 0.05) is 25.4 Å². The number of hydrogen-bond donors (Lipinski definition) is 2. The summed E-state index contributed by atoms with van der Waals surface area (Å²) in [6.45, 7) is 3.25. The Labute approximate surface area is 160 Å². The third kappa shape index (κ3) is 5.62. The summed E-state index contributed by atoms with van der Waals surface area (Å²) in [5, 5.41) is 5.72. The van der Waals surface area contributed by atoms with Crippen LogP contribution in [0.1, 0.15) is 43.5 Å². The Hall–Kier alpha value is -2.73. The van der Waals surface area contributed by atoms with Gasteiger partial charge in [0.05, 0.1) is 18.3 Å². The molecule has 2 heterocycles. The summed E-state index contributed by atoms with van der Waals surface area (Å²) in [4.78, 5) is 30.2. The third-order valence-corrected chi connectivity index (χ3v) is 4.75. The van der Waals surface area contributed by atoms with Gasteiger partial charge in [-0.25, -0.2) is 0 Å². The number of pyridine rings is 1. The minimum atomic E-state index is -0.0972. The first-order chi connectivity index (χ1) is 13.1. The molecule has 2 amide bonds. The van der Waals surface area contributed by atoms with Crippen molar-refractivity contribution in [3.05, 3.63) is 59.9 Å². The molecule has 3 rings (SSSR count). The standard InChI is InChI=1S/C21H26N4O2/c1-16(26)24-18-10-8-17(9-11-18)14-23-21(27)15-25-13-5-3-7-20(25)19-6-2-4-12-22-19/h2,4,6,8-12,20H,3,5,7,13-15H2,1H3,(H,23,27)(H,24,26). The van der Waals surface area contributed by atoms with Crippen molar-refractivity contribution in [1.82, 2.24) is 15.2 Å². The van der Waals surface area contributed by atoms with Crippen LogP contribution in [0.15, 0.2) is 48.7 Å². The lowest BCUT2D eigenvalue weighted by Crippen LogP contribution is -2.41. The van der Waals surface area contributed by atoms with E-state index in [2.05, 4.69) is 20.5 Å². The van der Waals surface area contributed by atoms with Crippen LogP contribution in [0.3, 0.4) is 0 Å². The second-order valence-corrected chi connectivity index (χ2v) is 6.89. The molecule has 0 bridgehead atoms. The normalized spacial score (nSPS) is 17.3. The van der Waals surface area contributed by atoms with Gasteiger partial charge in [0.25, 0.3) is 0 Å². The summed E-state index contributed by atoms with van der Waals surface area (Å²) >= 11 is 0. The van der Waals surface area contributed by atoms with Crippen LogP contribution in [0.2, 0.25) is 0 Å². The van der Waals surface area contributed by atoms with Gasteiger partial charge in [0.1, 0.15) is 0 Å². The Bertz CT molecular complexity index is 762. The van der Waals surface area contributed by atoms with Crippen molar-refractivity contribution >= 4 is 17.5 Å². The van der Waals surface area contributed by atoms with Gasteiger partial charge in [-0.3, -0.25) is 19.5 Å². The predicted molar refractivity (Wildman–Crippen MR) is 105 cm³/mol. The molecule has 1 aliphatic rings. The average Bonchev–Trinajstić information content (AvgIpc) is 2.68. The number of amides is 2. The molecule has 1 fully saturated rings. The van der Waals surface area contributed by atoms with E-state index in [9.17, 15) is 9.59 Å². The number of anilines is 1. The highest BCUT2D eigenvalue weighted by molar-refractivity contribution is 5.88. The van der Waals surface area contributed by atoms with Crippen molar-refractivity contribution in [2.24, 2.45) is 0 Å². The largest absolute Gasteiger partial charge is 0.351 e. The third-order valence-electron chi connectivity index (χ3n) is 4.75. The molecule has 1 aromatic carbocycles. The van der Waals surface area contributed by atoms with Crippen molar-refractivity contribution in [3.63, 3.8) is 0 Å². The van der Waals surface area contributed by atoms with Gasteiger partial charge in [-0.15, -0.1) is 0 Å². The van der Waals surface area contributed by atoms with E-state index in [4.69, 9.17) is 0 Å². The molecule has 142 valence electrons. The molecule has 0 spiro atoms. The zero-order chi connectivity index (χ0) is 19.1. The number of rotatable bonds is 6. The first-order valence-corrected chi connectivity index (χ1v) is 9.40. The SMILES string of the molecule is CC(=O)Nc1ccc(CNC(=O)CN2CCCCC2c2ccccn2)cc1. The summed E-state index contributed by atoms with van der Waals surface area (Å²) in [5.74, 6) is -0.0798. The number of benzene rings is 1. The Morgan fingerprint density at radius 2 is 1.96 bits per heavy atom. The van der Waals surface area contributed by atoms with Crippen molar-refractivity contribution in [1.29, 1.82) is 0 Å². The molecule has 2 N–H and O–H groups in total. The molecule has 0 aliphatic carbocycles. The summed E-state index contributed by atoms with van der Waals surface area (Å²) in [5.41, 5.74) is 2.79. The van der Waals surface area contributed by atoms with Crippen LogP contribution in [0, 0.1) is 0 Å². The highest BCUT2D eigenvalue weighted by Crippen LogP contribution is 2.29. The molecule has 1 unspecified atom stereocenters. The summed E-state index contributed by atoms with van der Waals surface area (Å²) in [7, 11) is 0. The zero-order valence-electron chi connectivity index (χ0n) is 15.6. The van der Waals surface area contributed by atoms with Gasteiger partial charge in [-0.1, -0.05) is 24.6 Å². The quantitative estimate of drug-likeness (QED) is 0.824. The van der Waals surface area contributed by atoms with Crippen LogP contribution in [0.25, 0.3) is 0 Å². The molecular formula is C21H26N4O2. The smallest absolute Gasteiger partial charge is 0.234 e. The number of carbonyl (C=O) groups excluding carboxylic acids is 2. The van der Waals surface area contributed by atoms with E-state index in [-0.39, 0.29) is 17.9 Å². The van der Waals surface area contributed by atoms with E-state index in [1.54, 1.807) is 0 Å². The molecule has 27 heavy (non-hydrogen) atoms. The lowest BCUT2D eigenvalue weighted by atomic mass is 9.99. The van der Waals surface area contributed by atoms with Crippen molar-refractivity contribution in [2.75, 3.05) is 18.4 Å². The van der Waals surface area contributed by atoms with E-state index in [0.29, 0.717) is 13.1 Å². The second-order valence-electron chi connectivity index (χ2n) is 6.89. The fourth-order valence-corrected chi connectivity index (χ4v) is 3.44.